The molecule has 0 unspecified atom stereocenters. The predicted molar refractivity (Wildman–Crippen MR) is 102 cm³/mol. The molecule has 0 aromatic carbocycles. The summed E-state index contributed by atoms with van der Waals surface area (Å²) < 4.78 is 82.5. The van der Waals surface area contributed by atoms with E-state index in [2.05, 4.69) is 20.5 Å². The molecule has 1 aliphatic carbocycles. The molecule has 0 radical (unpaired) electrons. The van der Waals surface area contributed by atoms with Gasteiger partial charge in [0.15, 0.2) is 5.82 Å². The van der Waals surface area contributed by atoms with Gasteiger partial charge in [0.2, 0.25) is 0 Å². The maximum absolute atomic E-state index is 13.4. The largest absolute Gasteiger partial charge is 0.433 e. The van der Waals surface area contributed by atoms with E-state index in [0.29, 0.717) is 18.7 Å². The third kappa shape index (κ3) is 3.71. The van der Waals surface area contributed by atoms with Gasteiger partial charge < -0.3 is 14.8 Å². The fourth-order valence-corrected chi connectivity index (χ4v) is 5.44. The summed E-state index contributed by atoms with van der Waals surface area (Å²) in [6, 6.07) is 0.310. The van der Waals surface area contributed by atoms with Gasteiger partial charge in [-0.05, 0) is 63.2 Å². The lowest BCUT2D eigenvalue weighted by Crippen LogP contribution is -2.39. The molecule has 0 spiro atoms. The normalized spacial score (nSPS) is 26.8. The summed E-state index contributed by atoms with van der Waals surface area (Å²) in [5.74, 6) is 0.372. The van der Waals surface area contributed by atoms with E-state index in [1.165, 1.54) is 0 Å². The predicted octanol–water partition coefficient (Wildman–Crippen LogP) is 4.37. The number of hydrogen-bond donors (Lipinski definition) is 1. The first-order valence-corrected chi connectivity index (χ1v) is 10.7. The van der Waals surface area contributed by atoms with Crippen molar-refractivity contribution in [2.75, 3.05) is 18.0 Å². The molecule has 0 amide bonds. The van der Waals surface area contributed by atoms with E-state index in [9.17, 15) is 26.3 Å². The van der Waals surface area contributed by atoms with E-state index in [0.717, 1.165) is 38.4 Å². The van der Waals surface area contributed by atoms with Gasteiger partial charge in [-0.15, -0.1) is 10.2 Å². The first-order chi connectivity index (χ1) is 15.1. The number of pyridine rings is 1. The van der Waals surface area contributed by atoms with E-state index >= 15 is 0 Å². The number of hydrogen-bond acceptors (Lipinski definition) is 5. The third-order valence-corrected chi connectivity index (χ3v) is 6.85. The highest BCUT2D eigenvalue weighted by Crippen LogP contribution is 2.52. The van der Waals surface area contributed by atoms with Crippen molar-refractivity contribution in [2.45, 2.75) is 62.6 Å². The average molecular weight is 460 g/mol. The van der Waals surface area contributed by atoms with Crippen molar-refractivity contribution in [1.82, 2.24) is 25.1 Å². The fourth-order valence-electron chi connectivity index (χ4n) is 5.44. The molecule has 2 bridgehead atoms. The average Bonchev–Trinajstić information content (AvgIpc) is 3.48. The van der Waals surface area contributed by atoms with Crippen molar-refractivity contribution in [2.24, 2.45) is 5.92 Å². The van der Waals surface area contributed by atoms with Crippen LogP contribution in [0.2, 0.25) is 0 Å². The van der Waals surface area contributed by atoms with Gasteiger partial charge in [-0.2, -0.15) is 26.3 Å². The van der Waals surface area contributed by atoms with Crippen LogP contribution in [0.25, 0.3) is 0 Å². The van der Waals surface area contributed by atoms with Crippen LogP contribution in [0, 0.1) is 5.92 Å². The molecular formula is C20H22F6N6. The Labute approximate surface area is 180 Å². The third-order valence-electron chi connectivity index (χ3n) is 6.85. The highest BCUT2D eigenvalue weighted by atomic mass is 19.4. The molecule has 2 aromatic rings. The highest BCUT2D eigenvalue weighted by Gasteiger charge is 2.50. The molecule has 3 atom stereocenters. The first kappa shape index (κ1) is 21.5. The SMILES string of the molecule is FC(F)(F)c1cc(N2[C@@H]3CC[C@@H](C3)[C@H]2c2nncn2C2CCNCC2)nc(C(F)(F)F)c1. The Morgan fingerprint density at radius 2 is 1.66 bits per heavy atom. The number of nitrogens with one attached hydrogen (secondary N) is 1. The summed E-state index contributed by atoms with van der Waals surface area (Å²) >= 11 is 0. The molecule has 4 heterocycles. The number of fused-ring (bicyclic) bond motifs is 2. The van der Waals surface area contributed by atoms with Gasteiger partial charge in [0.25, 0.3) is 0 Å². The lowest BCUT2D eigenvalue weighted by Gasteiger charge is -2.37. The molecule has 3 fully saturated rings. The summed E-state index contributed by atoms with van der Waals surface area (Å²) in [5.41, 5.74) is -2.89. The Bertz CT molecular complexity index is 947. The quantitative estimate of drug-likeness (QED) is 0.690. The number of piperidine rings is 2. The summed E-state index contributed by atoms with van der Waals surface area (Å²) in [7, 11) is 0. The summed E-state index contributed by atoms with van der Waals surface area (Å²) in [4.78, 5) is 5.28. The standard InChI is InChI=1S/C20H22F6N6/c21-19(22,23)12-8-15(20(24,25)26)29-16(9-12)32-14-2-1-11(7-14)17(32)18-30-28-10-31(18)13-3-5-27-6-4-13/h8-11,13-14,17,27H,1-7H2/t11-,14+,17-/m0/s1. The second-order valence-corrected chi connectivity index (χ2v) is 8.75. The van der Waals surface area contributed by atoms with Crippen LogP contribution in [0.1, 0.15) is 61.3 Å². The van der Waals surface area contributed by atoms with Gasteiger partial charge in [-0.3, -0.25) is 0 Å². The zero-order chi connectivity index (χ0) is 22.7. The molecule has 2 saturated heterocycles. The van der Waals surface area contributed by atoms with Crippen LogP contribution in [0.15, 0.2) is 18.5 Å². The number of rotatable bonds is 3. The second-order valence-electron chi connectivity index (χ2n) is 8.75. The van der Waals surface area contributed by atoms with Crippen molar-refractivity contribution in [3.63, 3.8) is 0 Å². The van der Waals surface area contributed by atoms with Crippen molar-refractivity contribution in [1.29, 1.82) is 0 Å². The van der Waals surface area contributed by atoms with Crippen molar-refractivity contribution >= 4 is 5.82 Å². The molecule has 5 rings (SSSR count). The Kier molecular flexibility index (Phi) is 5.10. The highest BCUT2D eigenvalue weighted by molar-refractivity contribution is 5.49. The summed E-state index contributed by atoms with van der Waals surface area (Å²) in [6.07, 6.45) is -4.35. The monoisotopic (exact) mass is 460 g/mol. The summed E-state index contributed by atoms with van der Waals surface area (Å²) in [6.45, 7) is 1.65. The van der Waals surface area contributed by atoms with Crippen molar-refractivity contribution in [3.8, 4) is 0 Å². The minimum absolute atomic E-state index is 0.0738. The molecule has 2 aliphatic heterocycles. The van der Waals surface area contributed by atoms with Crippen LogP contribution < -0.4 is 10.2 Å². The van der Waals surface area contributed by atoms with Gasteiger partial charge in [-0.1, -0.05) is 0 Å². The van der Waals surface area contributed by atoms with Gasteiger partial charge in [0.1, 0.15) is 17.8 Å². The smallest absolute Gasteiger partial charge is 0.343 e. The Hall–Kier alpha value is -2.37. The second kappa shape index (κ2) is 7.60. The van der Waals surface area contributed by atoms with Gasteiger partial charge in [0.05, 0.1) is 11.6 Å². The zero-order valence-electron chi connectivity index (χ0n) is 17.0. The van der Waals surface area contributed by atoms with Crippen molar-refractivity contribution < 1.29 is 26.3 Å². The minimum atomic E-state index is -4.99. The molecular weight excluding hydrogens is 438 g/mol. The van der Waals surface area contributed by atoms with Crippen LogP contribution in [-0.2, 0) is 12.4 Å². The van der Waals surface area contributed by atoms with Gasteiger partial charge in [0, 0.05) is 12.1 Å². The molecule has 12 heteroatoms. The van der Waals surface area contributed by atoms with Crippen LogP contribution >= 0.6 is 0 Å². The molecule has 1 saturated carbocycles. The van der Waals surface area contributed by atoms with Gasteiger partial charge >= 0.3 is 12.4 Å². The van der Waals surface area contributed by atoms with Crippen molar-refractivity contribution in [3.05, 3.63) is 35.5 Å². The molecule has 3 aliphatic rings. The lowest BCUT2D eigenvalue weighted by molar-refractivity contribution is -0.145. The summed E-state index contributed by atoms with van der Waals surface area (Å²) in [5, 5.41) is 11.6. The molecule has 1 N–H and O–H groups in total. The Balaban J connectivity index is 1.58. The minimum Gasteiger partial charge on any atom is -0.343 e. The number of aromatic nitrogens is 4. The maximum atomic E-state index is 13.4. The van der Waals surface area contributed by atoms with E-state index in [4.69, 9.17) is 0 Å². The van der Waals surface area contributed by atoms with E-state index < -0.39 is 29.7 Å². The van der Waals surface area contributed by atoms with Crippen LogP contribution in [0.3, 0.4) is 0 Å². The number of alkyl halides is 6. The molecule has 174 valence electrons. The molecule has 2 aromatic heterocycles. The first-order valence-electron chi connectivity index (χ1n) is 10.7. The number of anilines is 1. The van der Waals surface area contributed by atoms with Crippen LogP contribution in [0.4, 0.5) is 32.2 Å². The van der Waals surface area contributed by atoms with Crippen LogP contribution in [-0.4, -0.2) is 38.9 Å². The van der Waals surface area contributed by atoms with Gasteiger partial charge in [-0.25, -0.2) is 4.98 Å². The number of halogens is 6. The zero-order valence-corrected chi connectivity index (χ0v) is 17.0. The van der Waals surface area contributed by atoms with Crippen LogP contribution in [0.5, 0.6) is 0 Å². The number of nitrogens with zero attached hydrogens (tertiary/aromatic N) is 5. The molecule has 32 heavy (non-hydrogen) atoms. The fraction of sp³-hybridized carbons (Fsp3) is 0.650. The Morgan fingerprint density at radius 1 is 0.906 bits per heavy atom. The lowest BCUT2D eigenvalue weighted by atomic mass is 9.96. The topological polar surface area (TPSA) is 58.9 Å². The maximum Gasteiger partial charge on any atom is 0.433 e. The Morgan fingerprint density at radius 3 is 2.34 bits per heavy atom. The van der Waals surface area contributed by atoms with E-state index in [1.54, 1.807) is 11.2 Å². The van der Waals surface area contributed by atoms with E-state index in [-0.39, 0.29) is 29.9 Å². The molecule has 6 nitrogen and oxygen atoms in total. The van der Waals surface area contributed by atoms with E-state index in [1.807, 2.05) is 4.57 Å².